The lowest BCUT2D eigenvalue weighted by atomic mass is 9.84. The van der Waals surface area contributed by atoms with E-state index in [1.165, 1.54) is 38.5 Å². The first-order chi connectivity index (χ1) is 8.42. The van der Waals surface area contributed by atoms with E-state index in [0.717, 1.165) is 23.7 Å². The van der Waals surface area contributed by atoms with Crippen LogP contribution in [0.25, 0.3) is 0 Å². The zero-order valence-corrected chi connectivity index (χ0v) is 10.4. The Bertz CT molecular complexity index is 351. The topological polar surface area (TPSA) is 9.23 Å². The Morgan fingerprint density at radius 2 is 1.65 bits per heavy atom. The van der Waals surface area contributed by atoms with Gasteiger partial charge in [-0.1, -0.05) is 43.6 Å². The van der Waals surface area contributed by atoms with Gasteiger partial charge in [-0.25, -0.2) is 0 Å². The predicted octanol–water partition coefficient (Wildman–Crippen LogP) is 3.71. The molecular formula is C16H22O. The van der Waals surface area contributed by atoms with Crippen molar-refractivity contribution >= 4 is 0 Å². The molecule has 0 spiro atoms. The van der Waals surface area contributed by atoms with Crippen molar-refractivity contribution in [1.29, 1.82) is 0 Å². The molecule has 0 saturated heterocycles. The Hall–Kier alpha value is -0.560. The number of hydrogen-bond acceptors (Lipinski definition) is 1. The molecule has 0 aromatic rings. The average Bonchev–Trinajstić information content (AvgIpc) is 3.03. The summed E-state index contributed by atoms with van der Waals surface area (Å²) in [4.78, 5) is 0. The van der Waals surface area contributed by atoms with E-state index in [9.17, 15) is 0 Å². The van der Waals surface area contributed by atoms with Crippen LogP contribution in [0.15, 0.2) is 24.3 Å². The van der Waals surface area contributed by atoms with Crippen molar-refractivity contribution in [2.45, 2.75) is 50.7 Å². The summed E-state index contributed by atoms with van der Waals surface area (Å²) in [5.74, 6) is 3.24. The van der Waals surface area contributed by atoms with E-state index in [0.29, 0.717) is 12.2 Å². The van der Waals surface area contributed by atoms with Gasteiger partial charge in [-0.15, -0.1) is 0 Å². The zero-order chi connectivity index (χ0) is 11.2. The third-order valence-corrected chi connectivity index (χ3v) is 5.39. The van der Waals surface area contributed by atoms with E-state index in [1.54, 1.807) is 0 Å². The van der Waals surface area contributed by atoms with Crippen molar-refractivity contribution in [2.24, 2.45) is 23.7 Å². The molecule has 1 nitrogen and oxygen atoms in total. The summed E-state index contributed by atoms with van der Waals surface area (Å²) in [5.41, 5.74) is 0. The van der Waals surface area contributed by atoms with Crippen molar-refractivity contribution in [3.8, 4) is 0 Å². The minimum absolute atomic E-state index is 0.433. The minimum atomic E-state index is 0.433. The Morgan fingerprint density at radius 1 is 0.824 bits per heavy atom. The van der Waals surface area contributed by atoms with E-state index < -0.39 is 0 Å². The second kappa shape index (κ2) is 3.98. The first-order valence-corrected chi connectivity index (χ1v) is 7.44. The van der Waals surface area contributed by atoms with Gasteiger partial charge in [0.25, 0.3) is 0 Å². The summed E-state index contributed by atoms with van der Waals surface area (Å²) in [6, 6.07) is 0. The van der Waals surface area contributed by atoms with Crippen LogP contribution in [-0.4, -0.2) is 12.2 Å². The molecule has 1 heteroatoms. The molecule has 0 amide bonds. The Labute approximate surface area is 104 Å². The third kappa shape index (κ3) is 1.62. The van der Waals surface area contributed by atoms with Crippen molar-refractivity contribution in [3.05, 3.63) is 24.3 Å². The van der Waals surface area contributed by atoms with Crippen LogP contribution < -0.4 is 0 Å². The Balaban J connectivity index is 1.45. The van der Waals surface area contributed by atoms with Gasteiger partial charge in [0.1, 0.15) is 0 Å². The molecule has 0 aromatic heterocycles. The average molecular weight is 230 g/mol. The van der Waals surface area contributed by atoms with Gasteiger partial charge in [0, 0.05) is 5.92 Å². The molecule has 0 N–H and O–H groups in total. The van der Waals surface area contributed by atoms with Crippen molar-refractivity contribution in [2.75, 3.05) is 0 Å². The van der Waals surface area contributed by atoms with Crippen LogP contribution in [0.1, 0.15) is 38.5 Å². The highest BCUT2D eigenvalue weighted by Gasteiger charge is 2.49. The lowest BCUT2D eigenvalue weighted by Crippen LogP contribution is -2.31. The molecule has 0 heterocycles. The predicted molar refractivity (Wildman–Crippen MR) is 68.6 cm³/mol. The first-order valence-electron chi connectivity index (χ1n) is 7.44. The van der Waals surface area contributed by atoms with Crippen LogP contribution in [0, 0.1) is 23.7 Å². The largest absolute Gasteiger partial charge is 0.371 e. The summed E-state index contributed by atoms with van der Waals surface area (Å²) in [6.07, 6.45) is 18.9. The van der Waals surface area contributed by atoms with Crippen LogP contribution in [0.2, 0.25) is 0 Å². The SMILES string of the molecule is C1=C[C@@H](OC2CCCCC2)C2C1[C@H]1C=C[C@@H]2C1. The molecule has 2 fully saturated rings. The summed E-state index contributed by atoms with van der Waals surface area (Å²) in [7, 11) is 0. The lowest BCUT2D eigenvalue weighted by molar-refractivity contribution is -0.0379. The van der Waals surface area contributed by atoms with Gasteiger partial charge in [0.2, 0.25) is 0 Å². The van der Waals surface area contributed by atoms with E-state index in [1.807, 2.05) is 0 Å². The lowest BCUT2D eigenvalue weighted by Gasteiger charge is -2.31. The quantitative estimate of drug-likeness (QED) is 0.657. The maximum atomic E-state index is 6.40. The van der Waals surface area contributed by atoms with E-state index in [4.69, 9.17) is 4.74 Å². The number of allylic oxidation sites excluding steroid dienone is 3. The highest BCUT2D eigenvalue weighted by Crippen LogP contribution is 2.53. The van der Waals surface area contributed by atoms with E-state index in [-0.39, 0.29) is 0 Å². The first kappa shape index (κ1) is 10.4. The van der Waals surface area contributed by atoms with Crippen LogP contribution in [0.5, 0.6) is 0 Å². The molecule has 5 atom stereocenters. The molecule has 0 radical (unpaired) electrons. The van der Waals surface area contributed by atoms with Gasteiger partial charge in [-0.3, -0.25) is 0 Å². The molecule has 4 aliphatic carbocycles. The molecule has 92 valence electrons. The standard InChI is InChI=1S/C16H22O/c1-2-4-13(5-3-1)17-15-9-8-14-11-6-7-12(10-11)16(14)15/h6-9,11-16H,1-5,10H2/t11-,12+,14?,15+,16?/m0/s1. The molecule has 2 bridgehead atoms. The zero-order valence-electron chi connectivity index (χ0n) is 10.4. The smallest absolute Gasteiger partial charge is 0.0799 e. The molecule has 0 aromatic carbocycles. The highest BCUT2D eigenvalue weighted by atomic mass is 16.5. The fourth-order valence-electron chi connectivity index (χ4n) is 4.56. The number of rotatable bonds is 2. The van der Waals surface area contributed by atoms with E-state index in [2.05, 4.69) is 24.3 Å². The molecule has 2 unspecified atom stereocenters. The molecular weight excluding hydrogens is 208 g/mol. The van der Waals surface area contributed by atoms with Crippen LogP contribution >= 0.6 is 0 Å². The Kier molecular flexibility index (Phi) is 2.43. The summed E-state index contributed by atoms with van der Waals surface area (Å²) in [6.45, 7) is 0. The summed E-state index contributed by atoms with van der Waals surface area (Å²) < 4.78 is 6.40. The van der Waals surface area contributed by atoms with Gasteiger partial charge in [0.05, 0.1) is 12.2 Å². The molecule has 17 heavy (non-hydrogen) atoms. The molecule has 4 rings (SSSR count). The maximum Gasteiger partial charge on any atom is 0.0799 e. The van der Waals surface area contributed by atoms with Crippen molar-refractivity contribution < 1.29 is 4.74 Å². The van der Waals surface area contributed by atoms with Crippen molar-refractivity contribution in [3.63, 3.8) is 0 Å². The number of hydrogen-bond donors (Lipinski definition) is 0. The van der Waals surface area contributed by atoms with Gasteiger partial charge in [0.15, 0.2) is 0 Å². The third-order valence-electron chi connectivity index (χ3n) is 5.39. The Morgan fingerprint density at radius 3 is 2.53 bits per heavy atom. The van der Waals surface area contributed by atoms with Crippen LogP contribution in [0.4, 0.5) is 0 Å². The van der Waals surface area contributed by atoms with Crippen molar-refractivity contribution in [1.82, 2.24) is 0 Å². The van der Waals surface area contributed by atoms with Gasteiger partial charge in [-0.05, 0) is 37.0 Å². The summed E-state index contributed by atoms with van der Waals surface area (Å²) in [5, 5.41) is 0. The molecule has 0 aliphatic heterocycles. The minimum Gasteiger partial charge on any atom is -0.371 e. The van der Waals surface area contributed by atoms with Gasteiger partial charge in [-0.2, -0.15) is 0 Å². The van der Waals surface area contributed by atoms with Gasteiger partial charge >= 0.3 is 0 Å². The molecule has 4 aliphatic rings. The highest BCUT2D eigenvalue weighted by molar-refractivity contribution is 5.25. The monoisotopic (exact) mass is 230 g/mol. The van der Waals surface area contributed by atoms with Crippen LogP contribution in [-0.2, 0) is 4.74 Å². The second-order valence-electron chi connectivity index (χ2n) is 6.35. The summed E-state index contributed by atoms with van der Waals surface area (Å²) >= 11 is 0. The fourth-order valence-corrected chi connectivity index (χ4v) is 4.56. The normalized spacial score (nSPS) is 47.9. The fraction of sp³-hybridized carbons (Fsp3) is 0.750. The molecule has 2 saturated carbocycles. The van der Waals surface area contributed by atoms with E-state index >= 15 is 0 Å². The second-order valence-corrected chi connectivity index (χ2v) is 6.35. The maximum absolute atomic E-state index is 6.40. The number of fused-ring (bicyclic) bond motifs is 5. The number of ether oxygens (including phenoxy) is 1. The van der Waals surface area contributed by atoms with Crippen LogP contribution in [0.3, 0.4) is 0 Å². The van der Waals surface area contributed by atoms with Gasteiger partial charge < -0.3 is 4.74 Å².